The Balaban J connectivity index is 2.76. The van der Waals surface area contributed by atoms with Crippen molar-refractivity contribution in [3.8, 4) is 0 Å². The van der Waals surface area contributed by atoms with Crippen LogP contribution >= 0.6 is 0 Å². The third-order valence-electron chi connectivity index (χ3n) is 2.39. The molecule has 0 aliphatic rings. The average Bonchev–Trinajstić information content (AvgIpc) is 2.50. The largest absolute Gasteiger partial charge is 0.346 e. The summed E-state index contributed by atoms with van der Waals surface area (Å²) in [5.41, 5.74) is 2.68. The lowest BCUT2D eigenvalue weighted by Gasteiger charge is -1.97. The molecule has 0 unspecified atom stereocenters. The van der Waals surface area contributed by atoms with Crippen LogP contribution in [0, 0.1) is 0 Å². The Hall–Kier alpha value is -0.790. The first-order valence-corrected chi connectivity index (χ1v) is 5.88. The number of aromatic amines is 1. The molecule has 0 aliphatic heterocycles. The fraction of sp³-hybridized carbons (Fsp3) is 0.750. The van der Waals surface area contributed by atoms with E-state index in [0.29, 0.717) is 0 Å². The second-order valence-electron chi connectivity index (χ2n) is 3.86. The number of hydrogen-bond acceptors (Lipinski definition) is 1. The number of nitrogens with zero attached hydrogens (tertiary/aromatic N) is 1. The first-order chi connectivity index (χ1) is 6.81. The first-order valence-electron chi connectivity index (χ1n) is 5.88. The molecule has 0 radical (unpaired) electrons. The second-order valence-corrected chi connectivity index (χ2v) is 3.86. The summed E-state index contributed by atoms with van der Waals surface area (Å²) in [5.74, 6) is 1.18. The molecule has 2 heteroatoms. The van der Waals surface area contributed by atoms with Gasteiger partial charge in [-0.1, -0.05) is 33.6 Å². The summed E-state index contributed by atoms with van der Waals surface area (Å²) in [4.78, 5) is 8.11. The van der Waals surface area contributed by atoms with Crippen LogP contribution in [0.2, 0.25) is 0 Å². The van der Waals surface area contributed by atoms with Crippen LogP contribution in [0.15, 0.2) is 0 Å². The minimum absolute atomic E-state index is 1.08. The van der Waals surface area contributed by atoms with Gasteiger partial charge in [0, 0.05) is 12.1 Å². The van der Waals surface area contributed by atoms with Crippen molar-refractivity contribution < 1.29 is 0 Å². The van der Waals surface area contributed by atoms with Crippen molar-refractivity contribution in [1.82, 2.24) is 9.97 Å². The van der Waals surface area contributed by atoms with E-state index in [-0.39, 0.29) is 0 Å². The van der Waals surface area contributed by atoms with E-state index in [1.807, 2.05) is 0 Å². The maximum absolute atomic E-state index is 4.65. The number of aromatic nitrogens is 2. The normalized spacial score (nSPS) is 10.8. The molecule has 80 valence electrons. The van der Waals surface area contributed by atoms with Crippen LogP contribution in [0.3, 0.4) is 0 Å². The fourth-order valence-electron chi connectivity index (χ4n) is 1.76. The summed E-state index contributed by atoms with van der Waals surface area (Å²) in [6.45, 7) is 6.63. The molecule has 0 amide bonds. The number of aryl methyl sites for hydroxylation is 3. The lowest BCUT2D eigenvalue weighted by Crippen LogP contribution is -1.91. The predicted molar refractivity (Wildman–Crippen MR) is 60.6 cm³/mol. The van der Waals surface area contributed by atoms with Crippen molar-refractivity contribution in [1.29, 1.82) is 0 Å². The fourth-order valence-corrected chi connectivity index (χ4v) is 1.76. The van der Waals surface area contributed by atoms with Crippen molar-refractivity contribution in [3.63, 3.8) is 0 Å². The molecule has 0 saturated heterocycles. The SMILES string of the molecule is CCCc1nc(CCC)c(CCC)[nH]1. The summed E-state index contributed by atoms with van der Waals surface area (Å²) < 4.78 is 0. The summed E-state index contributed by atoms with van der Waals surface area (Å²) in [7, 11) is 0. The van der Waals surface area contributed by atoms with Crippen LogP contribution in [-0.4, -0.2) is 9.97 Å². The average molecular weight is 194 g/mol. The topological polar surface area (TPSA) is 28.7 Å². The zero-order valence-corrected chi connectivity index (χ0v) is 9.69. The molecule has 1 aromatic heterocycles. The quantitative estimate of drug-likeness (QED) is 0.739. The highest BCUT2D eigenvalue weighted by Gasteiger charge is 2.07. The number of rotatable bonds is 6. The summed E-state index contributed by atoms with van der Waals surface area (Å²) in [6, 6.07) is 0. The van der Waals surface area contributed by atoms with E-state index in [1.165, 1.54) is 36.5 Å². The first kappa shape index (κ1) is 11.3. The van der Waals surface area contributed by atoms with Gasteiger partial charge >= 0.3 is 0 Å². The molecule has 1 rings (SSSR count). The molecule has 1 heterocycles. The van der Waals surface area contributed by atoms with Gasteiger partial charge in [-0.15, -0.1) is 0 Å². The zero-order valence-electron chi connectivity index (χ0n) is 9.69. The molecule has 0 aromatic carbocycles. The number of hydrogen-bond donors (Lipinski definition) is 1. The second kappa shape index (κ2) is 5.84. The van der Waals surface area contributed by atoms with E-state index in [1.54, 1.807) is 0 Å². The minimum atomic E-state index is 1.08. The van der Waals surface area contributed by atoms with Gasteiger partial charge in [0.15, 0.2) is 0 Å². The molecule has 2 nitrogen and oxygen atoms in total. The molecule has 1 aromatic rings. The van der Waals surface area contributed by atoms with E-state index in [9.17, 15) is 0 Å². The van der Waals surface area contributed by atoms with Crippen LogP contribution < -0.4 is 0 Å². The smallest absolute Gasteiger partial charge is 0.106 e. The van der Waals surface area contributed by atoms with Gasteiger partial charge in [0.05, 0.1) is 5.69 Å². The van der Waals surface area contributed by atoms with Gasteiger partial charge in [-0.05, 0) is 19.3 Å². The van der Waals surface area contributed by atoms with E-state index in [4.69, 9.17) is 0 Å². The highest BCUT2D eigenvalue weighted by Crippen LogP contribution is 2.12. The Bertz CT molecular complexity index is 240. The van der Waals surface area contributed by atoms with E-state index >= 15 is 0 Å². The Kier molecular flexibility index (Phi) is 4.71. The van der Waals surface area contributed by atoms with Gasteiger partial charge in [-0.25, -0.2) is 4.98 Å². The molecule has 0 aliphatic carbocycles. The monoisotopic (exact) mass is 194 g/mol. The Morgan fingerprint density at radius 3 is 2.14 bits per heavy atom. The molecule has 14 heavy (non-hydrogen) atoms. The van der Waals surface area contributed by atoms with Crippen LogP contribution in [0.4, 0.5) is 0 Å². The van der Waals surface area contributed by atoms with Gasteiger partial charge in [0.1, 0.15) is 5.82 Å². The standard InChI is InChI=1S/C12H22N2/c1-4-7-10-11(8-5-2)14-12(13-10)9-6-3/h4-9H2,1-3H3,(H,13,14). The third-order valence-corrected chi connectivity index (χ3v) is 2.39. The molecule has 0 fully saturated rings. The Labute approximate surface area is 87.1 Å². The molecule has 0 saturated carbocycles. The lowest BCUT2D eigenvalue weighted by atomic mass is 10.1. The lowest BCUT2D eigenvalue weighted by molar-refractivity contribution is 0.831. The number of nitrogens with one attached hydrogen (secondary N) is 1. The summed E-state index contributed by atoms with van der Waals surface area (Å²) in [5, 5.41) is 0. The van der Waals surface area contributed by atoms with Crippen LogP contribution in [-0.2, 0) is 19.3 Å². The zero-order chi connectivity index (χ0) is 10.4. The molecular formula is C12H22N2. The highest BCUT2D eigenvalue weighted by molar-refractivity contribution is 5.15. The van der Waals surface area contributed by atoms with Crippen LogP contribution in [0.1, 0.15) is 57.2 Å². The van der Waals surface area contributed by atoms with E-state index in [0.717, 1.165) is 19.3 Å². The van der Waals surface area contributed by atoms with Gasteiger partial charge < -0.3 is 4.98 Å². The predicted octanol–water partition coefficient (Wildman–Crippen LogP) is 3.27. The Morgan fingerprint density at radius 2 is 1.57 bits per heavy atom. The van der Waals surface area contributed by atoms with Crippen molar-refractivity contribution in [3.05, 3.63) is 17.2 Å². The van der Waals surface area contributed by atoms with Crippen molar-refractivity contribution in [2.75, 3.05) is 0 Å². The molecule has 1 N–H and O–H groups in total. The number of imidazole rings is 1. The molecule has 0 bridgehead atoms. The van der Waals surface area contributed by atoms with Crippen LogP contribution in [0.25, 0.3) is 0 Å². The highest BCUT2D eigenvalue weighted by atomic mass is 14.9. The number of H-pyrrole nitrogens is 1. The molecule has 0 spiro atoms. The van der Waals surface area contributed by atoms with Crippen LogP contribution in [0.5, 0.6) is 0 Å². The maximum atomic E-state index is 4.65. The maximum Gasteiger partial charge on any atom is 0.106 e. The van der Waals surface area contributed by atoms with E-state index < -0.39 is 0 Å². The van der Waals surface area contributed by atoms with Crippen molar-refractivity contribution in [2.24, 2.45) is 0 Å². The van der Waals surface area contributed by atoms with Gasteiger partial charge in [0.2, 0.25) is 0 Å². The van der Waals surface area contributed by atoms with Gasteiger partial charge in [0.25, 0.3) is 0 Å². The molecular weight excluding hydrogens is 172 g/mol. The van der Waals surface area contributed by atoms with Crippen molar-refractivity contribution >= 4 is 0 Å². The van der Waals surface area contributed by atoms with Gasteiger partial charge in [-0.2, -0.15) is 0 Å². The third kappa shape index (κ3) is 2.86. The molecule has 0 atom stereocenters. The minimum Gasteiger partial charge on any atom is -0.346 e. The van der Waals surface area contributed by atoms with Gasteiger partial charge in [-0.3, -0.25) is 0 Å². The Morgan fingerprint density at radius 1 is 0.929 bits per heavy atom. The van der Waals surface area contributed by atoms with Crippen molar-refractivity contribution in [2.45, 2.75) is 59.3 Å². The summed E-state index contributed by atoms with van der Waals surface area (Å²) >= 11 is 0. The van der Waals surface area contributed by atoms with E-state index in [2.05, 4.69) is 30.7 Å². The summed E-state index contributed by atoms with van der Waals surface area (Å²) in [6.07, 6.45) is 6.91.